The molecule has 2 aromatic carbocycles. The molecule has 0 bridgehead atoms. The Morgan fingerprint density at radius 1 is 1.10 bits per heavy atom. The van der Waals surface area contributed by atoms with Gasteiger partial charge in [-0.05, 0) is 42.8 Å². The van der Waals surface area contributed by atoms with E-state index >= 15 is 0 Å². The molecule has 1 fully saturated rings. The fourth-order valence-corrected chi connectivity index (χ4v) is 5.99. The van der Waals surface area contributed by atoms with Crippen molar-refractivity contribution in [1.29, 1.82) is 0 Å². The molecular formula is C21H21ClFN3O3S2. The van der Waals surface area contributed by atoms with E-state index in [-0.39, 0.29) is 35.2 Å². The predicted octanol–water partition coefficient (Wildman–Crippen LogP) is 3.99. The first-order chi connectivity index (χ1) is 14.8. The van der Waals surface area contributed by atoms with Gasteiger partial charge in [-0.2, -0.15) is 0 Å². The molecule has 0 atom stereocenters. The molecule has 0 spiro atoms. The number of aromatic nitrogens is 1. The third-order valence-electron chi connectivity index (χ3n) is 5.24. The second-order valence-corrected chi connectivity index (χ2v) is 10.9. The molecule has 6 nitrogen and oxygen atoms in total. The minimum absolute atomic E-state index is 0.0544. The topological polar surface area (TPSA) is 70.6 Å². The molecule has 1 amide bonds. The Morgan fingerprint density at radius 2 is 1.81 bits per heavy atom. The van der Waals surface area contributed by atoms with Crippen molar-refractivity contribution in [2.45, 2.75) is 17.7 Å². The first-order valence-electron chi connectivity index (χ1n) is 9.89. The molecule has 10 heteroatoms. The average molecular weight is 482 g/mol. The van der Waals surface area contributed by atoms with Crippen molar-refractivity contribution in [2.75, 3.05) is 36.8 Å². The van der Waals surface area contributed by atoms with Gasteiger partial charge in [-0.15, -0.1) is 0 Å². The van der Waals surface area contributed by atoms with E-state index in [1.54, 1.807) is 23.1 Å². The van der Waals surface area contributed by atoms with Crippen LogP contribution in [0.5, 0.6) is 0 Å². The van der Waals surface area contributed by atoms with Crippen LogP contribution in [0.4, 0.5) is 9.52 Å². The normalized spacial score (nSPS) is 14.9. The molecule has 1 aliphatic rings. The predicted molar refractivity (Wildman–Crippen MR) is 121 cm³/mol. The fourth-order valence-electron chi connectivity index (χ4n) is 3.52. The number of benzene rings is 2. The number of amides is 1. The van der Waals surface area contributed by atoms with Gasteiger partial charge in [-0.1, -0.05) is 29.0 Å². The van der Waals surface area contributed by atoms with Gasteiger partial charge >= 0.3 is 0 Å². The van der Waals surface area contributed by atoms with E-state index in [4.69, 9.17) is 11.6 Å². The van der Waals surface area contributed by atoms with Crippen LogP contribution >= 0.6 is 22.9 Å². The largest absolute Gasteiger partial charge is 0.345 e. The zero-order valence-corrected chi connectivity index (χ0v) is 19.0. The third kappa shape index (κ3) is 4.99. The van der Waals surface area contributed by atoms with Gasteiger partial charge in [0.2, 0.25) is 5.91 Å². The van der Waals surface area contributed by atoms with Crippen LogP contribution < -0.4 is 4.90 Å². The van der Waals surface area contributed by atoms with E-state index in [0.717, 1.165) is 9.83 Å². The van der Waals surface area contributed by atoms with E-state index in [9.17, 15) is 17.6 Å². The smallest absolute Gasteiger partial charge is 0.222 e. The summed E-state index contributed by atoms with van der Waals surface area (Å²) in [6.07, 6.45) is 0.445. The minimum atomic E-state index is -3.44. The molecule has 0 unspecified atom stereocenters. The molecule has 164 valence electrons. The van der Waals surface area contributed by atoms with Crippen LogP contribution in [-0.4, -0.2) is 56.1 Å². The maximum atomic E-state index is 13.9. The van der Waals surface area contributed by atoms with Crippen molar-refractivity contribution >= 4 is 54.0 Å². The van der Waals surface area contributed by atoms with E-state index in [2.05, 4.69) is 9.88 Å². The van der Waals surface area contributed by atoms with Crippen LogP contribution in [0.3, 0.4) is 0 Å². The summed E-state index contributed by atoms with van der Waals surface area (Å²) in [5.41, 5.74) is 0.378. The van der Waals surface area contributed by atoms with Crippen molar-refractivity contribution in [3.8, 4) is 0 Å². The quantitative estimate of drug-likeness (QED) is 0.532. The number of halogens is 2. The maximum absolute atomic E-state index is 13.9. The highest BCUT2D eigenvalue weighted by atomic mass is 35.5. The number of nitrogens with zero attached hydrogens (tertiary/aromatic N) is 3. The summed E-state index contributed by atoms with van der Waals surface area (Å²) in [6.45, 7) is 2.27. The number of anilines is 1. The molecule has 1 aliphatic heterocycles. The molecular weight excluding hydrogens is 461 g/mol. The third-order valence-corrected chi connectivity index (χ3v) is 8.39. The number of thiazole rings is 1. The van der Waals surface area contributed by atoms with E-state index in [1.807, 2.05) is 6.07 Å². The SMILES string of the molecule is O=C(CCCS(=O)(=O)c1ccc(Cl)cc1)N1CCN(c2nc3c(F)cccc3s2)CC1. The van der Waals surface area contributed by atoms with E-state index in [0.29, 0.717) is 36.7 Å². The van der Waals surface area contributed by atoms with Gasteiger partial charge in [-0.3, -0.25) is 4.79 Å². The lowest BCUT2D eigenvalue weighted by atomic mass is 10.2. The Hall–Kier alpha value is -2.23. The number of fused-ring (bicyclic) bond motifs is 1. The first-order valence-corrected chi connectivity index (χ1v) is 12.7. The standard InChI is InChI=1S/C21H21ClFN3O3S2/c22-15-6-8-16(9-7-15)31(28,29)14-2-5-19(27)25-10-12-26(13-11-25)21-24-20-17(23)3-1-4-18(20)30-21/h1,3-4,6-9H,2,5,10-14H2. The van der Waals surface area contributed by atoms with Crippen molar-refractivity contribution < 1.29 is 17.6 Å². The molecule has 1 aromatic heterocycles. The van der Waals surface area contributed by atoms with Crippen LogP contribution in [0.25, 0.3) is 10.2 Å². The second-order valence-electron chi connectivity index (χ2n) is 7.33. The highest BCUT2D eigenvalue weighted by molar-refractivity contribution is 7.91. The van der Waals surface area contributed by atoms with Crippen LogP contribution in [0.1, 0.15) is 12.8 Å². The van der Waals surface area contributed by atoms with Gasteiger partial charge in [0.1, 0.15) is 11.3 Å². The highest BCUT2D eigenvalue weighted by Gasteiger charge is 2.24. The van der Waals surface area contributed by atoms with Gasteiger partial charge < -0.3 is 9.80 Å². The molecule has 0 N–H and O–H groups in total. The summed E-state index contributed by atoms with van der Waals surface area (Å²) in [5.74, 6) is -0.471. The van der Waals surface area contributed by atoms with Gasteiger partial charge in [0, 0.05) is 37.6 Å². The van der Waals surface area contributed by atoms with Crippen molar-refractivity contribution in [1.82, 2.24) is 9.88 Å². The number of piperazine rings is 1. The lowest BCUT2D eigenvalue weighted by Crippen LogP contribution is -2.48. The lowest BCUT2D eigenvalue weighted by molar-refractivity contribution is -0.131. The summed E-state index contributed by atoms with van der Waals surface area (Å²) in [4.78, 5) is 21.0. The van der Waals surface area contributed by atoms with Gasteiger partial charge in [-0.25, -0.2) is 17.8 Å². The van der Waals surface area contributed by atoms with Crippen LogP contribution in [0.2, 0.25) is 5.02 Å². The van der Waals surface area contributed by atoms with Gasteiger partial charge in [0.25, 0.3) is 0 Å². The highest BCUT2D eigenvalue weighted by Crippen LogP contribution is 2.30. The van der Waals surface area contributed by atoms with Crippen molar-refractivity contribution in [3.63, 3.8) is 0 Å². The van der Waals surface area contributed by atoms with E-state index < -0.39 is 9.84 Å². The molecule has 1 saturated heterocycles. The summed E-state index contributed by atoms with van der Waals surface area (Å²) >= 11 is 7.24. The van der Waals surface area contributed by atoms with Crippen LogP contribution in [0.15, 0.2) is 47.4 Å². The molecule has 31 heavy (non-hydrogen) atoms. The fraction of sp³-hybridized carbons (Fsp3) is 0.333. The number of hydrogen-bond acceptors (Lipinski definition) is 6. The average Bonchev–Trinajstić information content (AvgIpc) is 3.20. The number of para-hydroxylation sites is 1. The van der Waals surface area contributed by atoms with Crippen molar-refractivity contribution in [3.05, 3.63) is 53.3 Å². The Balaban J connectivity index is 1.28. The molecule has 2 heterocycles. The molecule has 3 aromatic rings. The minimum Gasteiger partial charge on any atom is -0.345 e. The summed E-state index contributed by atoms with van der Waals surface area (Å²) < 4.78 is 39.5. The lowest BCUT2D eigenvalue weighted by Gasteiger charge is -2.34. The molecule has 4 rings (SSSR count). The molecule has 0 aliphatic carbocycles. The summed E-state index contributed by atoms with van der Waals surface area (Å²) in [7, 11) is -3.44. The van der Waals surface area contributed by atoms with E-state index in [1.165, 1.54) is 29.5 Å². The maximum Gasteiger partial charge on any atom is 0.222 e. The summed E-state index contributed by atoms with van der Waals surface area (Å²) in [6, 6.07) is 11.0. The zero-order chi connectivity index (χ0) is 22.0. The first kappa shape index (κ1) is 22.0. The zero-order valence-electron chi connectivity index (χ0n) is 16.6. The van der Waals surface area contributed by atoms with Crippen LogP contribution in [-0.2, 0) is 14.6 Å². The van der Waals surface area contributed by atoms with Gasteiger partial charge in [0.15, 0.2) is 15.0 Å². The monoisotopic (exact) mass is 481 g/mol. The Morgan fingerprint density at radius 3 is 2.48 bits per heavy atom. The molecule has 0 saturated carbocycles. The number of rotatable bonds is 6. The molecule has 0 radical (unpaired) electrons. The van der Waals surface area contributed by atoms with Crippen LogP contribution in [0, 0.1) is 5.82 Å². The Bertz CT molecular complexity index is 1190. The number of sulfone groups is 1. The number of hydrogen-bond donors (Lipinski definition) is 0. The Labute approximate surface area is 189 Å². The van der Waals surface area contributed by atoms with Crippen molar-refractivity contribution in [2.24, 2.45) is 0 Å². The van der Waals surface area contributed by atoms with Gasteiger partial charge in [0.05, 0.1) is 15.3 Å². The number of carbonyl (C=O) groups excluding carboxylic acids is 1. The second kappa shape index (κ2) is 9.10. The Kier molecular flexibility index (Phi) is 6.45. The number of carbonyl (C=O) groups is 1. The summed E-state index contributed by atoms with van der Waals surface area (Å²) in [5, 5.41) is 1.23.